The lowest BCUT2D eigenvalue weighted by Crippen LogP contribution is -2.40. The molecule has 0 aromatic carbocycles. The SMILES string of the molecule is COC1(Cl)C=C(c2cccn2C)N=CN1. The molecule has 0 amide bonds. The fourth-order valence-corrected chi connectivity index (χ4v) is 1.58. The quantitative estimate of drug-likeness (QED) is 0.613. The molecule has 2 heterocycles. The number of aryl methyl sites for hydroxylation is 1. The molecule has 1 unspecified atom stereocenters. The van der Waals surface area contributed by atoms with E-state index in [0.29, 0.717) is 0 Å². The van der Waals surface area contributed by atoms with Crippen LogP contribution in [0.3, 0.4) is 0 Å². The predicted molar refractivity (Wildman–Crippen MR) is 60.6 cm³/mol. The summed E-state index contributed by atoms with van der Waals surface area (Å²) in [5, 5.41) is 1.82. The Labute approximate surface area is 93.2 Å². The third-order valence-electron chi connectivity index (χ3n) is 2.29. The highest BCUT2D eigenvalue weighted by molar-refractivity contribution is 6.25. The second kappa shape index (κ2) is 3.72. The van der Waals surface area contributed by atoms with Crippen molar-refractivity contribution in [2.45, 2.75) is 5.18 Å². The highest BCUT2D eigenvalue weighted by Crippen LogP contribution is 2.25. The molecule has 0 saturated heterocycles. The number of alkyl halides is 1. The summed E-state index contributed by atoms with van der Waals surface area (Å²) in [4.78, 5) is 4.22. The highest BCUT2D eigenvalue weighted by Gasteiger charge is 2.26. The Kier molecular flexibility index (Phi) is 2.54. The zero-order valence-electron chi connectivity index (χ0n) is 8.57. The van der Waals surface area contributed by atoms with Crippen molar-refractivity contribution in [2.75, 3.05) is 7.11 Å². The van der Waals surface area contributed by atoms with E-state index < -0.39 is 5.18 Å². The molecule has 15 heavy (non-hydrogen) atoms. The molecule has 0 saturated carbocycles. The number of methoxy groups -OCH3 is 1. The van der Waals surface area contributed by atoms with Gasteiger partial charge >= 0.3 is 0 Å². The lowest BCUT2D eigenvalue weighted by Gasteiger charge is -2.25. The van der Waals surface area contributed by atoms with E-state index in [1.807, 2.05) is 29.9 Å². The van der Waals surface area contributed by atoms with Crippen LogP contribution in [0.25, 0.3) is 5.70 Å². The summed E-state index contributed by atoms with van der Waals surface area (Å²) in [7, 11) is 3.49. The largest absolute Gasteiger partial charge is 0.349 e. The zero-order valence-corrected chi connectivity index (χ0v) is 9.32. The zero-order chi connectivity index (χ0) is 10.9. The number of nitrogens with one attached hydrogen (secondary N) is 1. The molecule has 0 bridgehead atoms. The van der Waals surface area contributed by atoms with E-state index in [1.54, 1.807) is 12.4 Å². The van der Waals surface area contributed by atoms with Crippen molar-refractivity contribution in [2.24, 2.45) is 12.0 Å². The standard InChI is InChI=1S/C10H12ClN3O/c1-14-5-3-4-9(14)8-6-10(11,15-2)13-7-12-8/h3-7H,1-2H3,(H,12,13). The fraction of sp³-hybridized carbons (Fsp3) is 0.300. The minimum atomic E-state index is -0.999. The normalized spacial score (nSPS) is 24.9. The Balaban J connectivity index is 2.38. The Hall–Kier alpha value is -1.26. The molecule has 0 spiro atoms. The van der Waals surface area contributed by atoms with Crippen molar-refractivity contribution >= 4 is 23.6 Å². The van der Waals surface area contributed by atoms with Crippen LogP contribution in [0.1, 0.15) is 5.69 Å². The Morgan fingerprint density at radius 2 is 2.40 bits per heavy atom. The second-order valence-corrected chi connectivity index (χ2v) is 3.85. The minimum absolute atomic E-state index is 0.790. The molecule has 1 atom stereocenters. The first-order chi connectivity index (χ1) is 7.14. The summed E-state index contributed by atoms with van der Waals surface area (Å²) >= 11 is 6.11. The predicted octanol–water partition coefficient (Wildman–Crippen LogP) is 1.54. The number of rotatable bonds is 2. The summed E-state index contributed by atoms with van der Waals surface area (Å²) in [5.74, 6) is 0. The van der Waals surface area contributed by atoms with E-state index >= 15 is 0 Å². The molecule has 0 aliphatic carbocycles. The van der Waals surface area contributed by atoms with E-state index in [1.165, 1.54) is 7.11 Å². The van der Waals surface area contributed by atoms with Crippen LogP contribution in [0.4, 0.5) is 0 Å². The van der Waals surface area contributed by atoms with Crippen LogP contribution in [0.5, 0.6) is 0 Å². The van der Waals surface area contributed by atoms with E-state index in [0.717, 1.165) is 11.4 Å². The molecule has 1 aliphatic heterocycles. The van der Waals surface area contributed by atoms with Gasteiger partial charge in [0.25, 0.3) is 0 Å². The van der Waals surface area contributed by atoms with Gasteiger partial charge in [0, 0.05) is 26.4 Å². The van der Waals surface area contributed by atoms with E-state index in [-0.39, 0.29) is 0 Å². The van der Waals surface area contributed by atoms with Gasteiger partial charge in [-0.25, -0.2) is 4.99 Å². The average molecular weight is 226 g/mol. The first-order valence-electron chi connectivity index (χ1n) is 4.53. The minimum Gasteiger partial charge on any atom is -0.349 e. The van der Waals surface area contributed by atoms with Gasteiger partial charge in [-0.3, -0.25) is 0 Å². The lowest BCUT2D eigenvalue weighted by molar-refractivity contribution is 0.0928. The number of nitrogens with zero attached hydrogens (tertiary/aromatic N) is 2. The van der Waals surface area contributed by atoms with Crippen LogP contribution in [0, 0.1) is 0 Å². The topological polar surface area (TPSA) is 38.5 Å². The van der Waals surface area contributed by atoms with Crippen LogP contribution in [0.2, 0.25) is 0 Å². The van der Waals surface area contributed by atoms with Gasteiger partial charge in [-0.1, -0.05) is 11.6 Å². The smallest absolute Gasteiger partial charge is 0.239 e. The molecule has 0 fully saturated rings. The molecular weight excluding hydrogens is 214 g/mol. The number of hydrogen-bond donors (Lipinski definition) is 1. The van der Waals surface area contributed by atoms with Gasteiger partial charge in [0.2, 0.25) is 5.18 Å². The van der Waals surface area contributed by atoms with Gasteiger partial charge in [-0.2, -0.15) is 0 Å². The maximum absolute atomic E-state index is 6.11. The third kappa shape index (κ3) is 1.91. The molecule has 5 heteroatoms. The average Bonchev–Trinajstić information content (AvgIpc) is 2.65. The van der Waals surface area contributed by atoms with Gasteiger partial charge in [0.05, 0.1) is 17.7 Å². The first kappa shape index (κ1) is 10.3. The van der Waals surface area contributed by atoms with Crippen molar-refractivity contribution in [3.05, 3.63) is 30.1 Å². The molecule has 1 aromatic heterocycles. The summed E-state index contributed by atoms with van der Waals surface area (Å²) in [6, 6.07) is 3.93. The van der Waals surface area contributed by atoms with Crippen LogP contribution in [-0.2, 0) is 11.8 Å². The summed E-state index contributed by atoms with van der Waals surface area (Å²) in [6.07, 6.45) is 5.24. The number of aromatic nitrogens is 1. The van der Waals surface area contributed by atoms with Gasteiger partial charge in [-0.15, -0.1) is 0 Å². The summed E-state index contributed by atoms with van der Waals surface area (Å²) in [5.41, 5.74) is 1.79. The molecular formula is C10H12ClN3O. The highest BCUT2D eigenvalue weighted by atomic mass is 35.5. The molecule has 80 valence electrons. The van der Waals surface area contributed by atoms with E-state index in [4.69, 9.17) is 16.3 Å². The monoisotopic (exact) mass is 225 g/mol. The second-order valence-electron chi connectivity index (χ2n) is 3.29. The van der Waals surface area contributed by atoms with E-state index in [2.05, 4.69) is 10.3 Å². The van der Waals surface area contributed by atoms with Gasteiger partial charge < -0.3 is 14.6 Å². The first-order valence-corrected chi connectivity index (χ1v) is 4.91. The number of aliphatic imine (C=N–C) groups is 1. The molecule has 0 radical (unpaired) electrons. The number of ether oxygens (including phenoxy) is 1. The fourth-order valence-electron chi connectivity index (χ4n) is 1.43. The van der Waals surface area contributed by atoms with E-state index in [9.17, 15) is 0 Å². The van der Waals surface area contributed by atoms with Crippen molar-refractivity contribution in [1.82, 2.24) is 9.88 Å². The number of hydrogen-bond acceptors (Lipinski definition) is 3. The van der Waals surface area contributed by atoms with Crippen molar-refractivity contribution in [1.29, 1.82) is 0 Å². The number of halogens is 1. The Morgan fingerprint density at radius 1 is 1.60 bits per heavy atom. The Bertz CT molecular complexity index is 424. The van der Waals surface area contributed by atoms with Gasteiger partial charge in [-0.05, 0) is 12.1 Å². The maximum Gasteiger partial charge on any atom is 0.239 e. The van der Waals surface area contributed by atoms with Crippen LogP contribution >= 0.6 is 11.6 Å². The van der Waals surface area contributed by atoms with Crippen LogP contribution in [-0.4, -0.2) is 23.2 Å². The van der Waals surface area contributed by atoms with Crippen molar-refractivity contribution < 1.29 is 4.74 Å². The molecule has 1 aliphatic rings. The summed E-state index contributed by atoms with van der Waals surface area (Å²) < 4.78 is 7.10. The summed E-state index contributed by atoms with van der Waals surface area (Å²) in [6.45, 7) is 0. The lowest BCUT2D eigenvalue weighted by atomic mass is 10.2. The molecule has 1 N–H and O–H groups in total. The molecule has 4 nitrogen and oxygen atoms in total. The maximum atomic E-state index is 6.11. The Morgan fingerprint density at radius 3 is 3.00 bits per heavy atom. The van der Waals surface area contributed by atoms with Crippen LogP contribution in [0.15, 0.2) is 29.4 Å². The third-order valence-corrected chi connectivity index (χ3v) is 2.66. The van der Waals surface area contributed by atoms with Gasteiger partial charge in [0.15, 0.2) is 0 Å². The van der Waals surface area contributed by atoms with Crippen molar-refractivity contribution in [3.8, 4) is 0 Å². The van der Waals surface area contributed by atoms with Crippen molar-refractivity contribution in [3.63, 3.8) is 0 Å². The van der Waals surface area contributed by atoms with Gasteiger partial charge in [0.1, 0.15) is 0 Å². The molecule has 2 rings (SSSR count). The molecule has 1 aromatic rings. The van der Waals surface area contributed by atoms with Crippen LogP contribution < -0.4 is 5.32 Å².